The summed E-state index contributed by atoms with van der Waals surface area (Å²) in [7, 11) is 2.47. The average molecular weight is 458 g/mol. The average Bonchev–Trinajstić information content (AvgIpc) is 2.75. The fourth-order valence-corrected chi connectivity index (χ4v) is 4.54. The first-order valence-electron chi connectivity index (χ1n) is 14.2. The Hall–Kier alpha value is -0.0100. The molecule has 2 heteroatoms. The highest BCUT2D eigenvalue weighted by Crippen LogP contribution is 2.16. The molecule has 0 bridgehead atoms. The first-order valence-corrected chi connectivity index (χ1v) is 14.2. The first-order chi connectivity index (χ1) is 14.7. The van der Waals surface area contributed by atoms with Gasteiger partial charge < -0.3 is 12.4 Å². The van der Waals surface area contributed by atoms with Gasteiger partial charge in [-0.05, 0) is 38.2 Å². The molecular weight excluding hydrogens is 398 g/mol. The number of hydrogen-bond donors (Lipinski definition) is 0. The van der Waals surface area contributed by atoms with E-state index >= 15 is 0 Å². The number of quaternary nitrogens is 1. The largest absolute Gasteiger partial charge is 1.00 e. The minimum absolute atomic E-state index is 0. The number of hydrogen-bond acceptors (Lipinski definition) is 0. The molecule has 0 spiro atoms. The van der Waals surface area contributed by atoms with E-state index in [-0.39, 0.29) is 12.4 Å². The second kappa shape index (κ2) is 26.2. The van der Waals surface area contributed by atoms with Crippen LogP contribution in [0.15, 0.2) is 12.3 Å². The third-order valence-electron chi connectivity index (χ3n) is 6.75. The Morgan fingerprint density at radius 2 is 0.742 bits per heavy atom. The molecule has 31 heavy (non-hydrogen) atoms. The highest BCUT2D eigenvalue weighted by atomic mass is 35.5. The SMILES string of the molecule is CCC=C[N+](C)(CCCCCCCCCCCC)CCCCCCCCCCCC.[Cl-]. The molecule has 0 saturated carbocycles. The van der Waals surface area contributed by atoms with Crippen molar-refractivity contribution in [1.29, 1.82) is 0 Å². The van der Waals surface area contributed by atoms with Crippen LogP contribution in [0.1, 0.15) is 156 Å². The van der Waals surface area contributed by atoms with Crippen molar-refractivity contribution in [2.45, 2.75) is 156 Å². The zero-order chi connectivity index (χ0) is 22.2. The summed E-state index contributed by atoms with van der Waals surface area (Å²) in [6.07, 6.45) is 34.8. The normalized spacial score (nSPS) is 11.9. The highest BCUT2D eigenvalue weighted by molar-refractivity contribution is 4.72. The molecule has 0 fully saturated rings. The number of rotatable bonds is 24. The molecule has 0 N–H and O–H groups in total. The van der Waals surface area contributed by atoms with Gasteiger partial charge in [0.25, 0.3) is 0 Å². The molecule has 0 aromatic carbocycles. The van der Waals surface area contributed by atoms with Crippen LogP contribution in [0.2, 0.25) is 0 Å². The van der Waals surface area contributed by atoms with Gasteiger partial charge in [-0.1, -0.05) is 124 Å². The van der Waals surface area contributed by atoms with E-state index in [1.54, 1.807) is 0 Å². The smallest absolute Gasteiger partial charge is 0.0915 e. The van der Waals surface area contributed by atoms with Gasteiger partial charge in [0.2, 0.25) is 0 Å². The highest BCUT2D eigenvalue weighted by Gasteiger charge is 2.17. The minimum Gasteiger partial charge on any atom is -1.00 e. The van der Waals surface area contributed by atoms with Crippen LogP contribution in [0.5, 0.6) is 0 Å². The van der Waals surface area contributed by atoms with Crippen molar-refractivity contribution in [3.8, 4) is 0 Å². The standard InChI is InChI=1S/C29H60N.ClH/c1-5-8-11-13-15-17-19-21-23-25-28-30(4,27-10-7-3)29-26-24-22-20-18-16-14-12-9-6-2;/h10,27H,5-9,11-26,28-29H2,1-4H3;1H/q+1;/p-1. The lowest BCUT2D eigenvalue weighted by atomic mass is 10.1. The third kappa shape index (κ3) is 24.5. The molecule has 0 rings (SSSR count). The zero-order valence-corrected chi connectivity index (χ0v) is 23.0. The fourth-order valence-electron chi connectivity index (χ4n) is 4.54. The molecule has 0 saturated heterocycles. The van der Waals surface area contributed by atoms with Crippen LogP contribution < -0.4 is 12.4 Å². The maximum Gasteiger partial charge on any atom is 0.0915 e. The van der Waals surface area contributed by atoms with Crippen molar-refractivity contribution in [2.75, 3.05) is 20.1 Å². The number of nitrogens with zero attached hydrogens (tertiary/aromatic N) is 1. The Balaban J connectivity index is 0. The quantitative estimate of drug-likeness (QED) is 0.106. The van der Waals surface area contributed by atoms with Crippen LogP contribution in [-0.2, 0) is 0 Å². The molecule has 0 aliphatic carbocycles. The second-order valence-electron chi connectivity index (χ2n) is 10.1. The Kier molecular flexibility index (Phi) is 28.1. The molecule has 0 heterocycles. The van der Waals surface area contributed by atoms with E-state index in [0.29, 0.717) is 0 Å². The fraction of sp³-hybridized carbons (Fsp3) is 0.931. The Labute approximate surface area is 204 Å². The number of halogens is 1. The monoisotopic (exact) mass is 457 g/mol. The summed E-state index contributed by atoms with van der Waals surface area (Å²) in [5.74, 6) is 0. The van der Waals surface area contributed by atoms with E-state index in [1.165, 1.54) is 152 Å². The lowest BCUT2D eigenvalue weighted by Gasteiger charge is -2.30. The molecule has 0 unspecified atom stereocenters. The maximum absolute atomic E-state index is 2.50. The van der Waals surface area contributed by atoms with E-state index in [1.807, 2.05) is 0 Å². The molecule has 0 aliphatic heterocycles. The summed E-state index contributed by atoms with van der Waals surface area (Å²) < 4.78 is 1.17. The van der Waals surface area contributed by atoms with Gasteiger partial charge >= 0.3 is 0 Å². The van der Waals surface area contributed by atoms with Crippen molar-refractivity contribution in [2.24, 2.45) is 0 Å². The van der Waals surface area contributed by atoms with Gasteiger partial charge in [-0.2, -0.15) is 0 Å². The van der Waals surface area contributed by atoms with Crippen molar-refractivity contribution < 1.29 is 16.9 Å². The van der Waals surface area contributed by atoms with Crippen LogP contribution >= 0.6 is 0 Å². The summed E-state index contributed by atoms with van der Waals surface area (Å²) in [5, 5.41) is 0. The predicted octanol–water partition coefficient (Wildman–Crippen LogP) is 7.20. The minimum atomic E-state index is 0. The molecule has 0 aliphatic rings. The lowest BCUT2D eigenvalue weighted by molar-refractivity contribution is -0.860. The molecule has 0 radical (unpaired) electrons. The number of allylic oxidation sites excluding steroid dienone is 1. The van der Waals surface area contributed by atoms with Crippen molar-refractivity contribution in [1.82, 2.24) is 0 Å². The molecule has 0 aromatic rings. The van der Waals surface area contributed by atoms with Gasteiger partial charge in [0.1, 0.15) is 0 Å². The Morgan fingerprint density at radius 3 is 1.03 bits per heavy atom. The summed E-state index contributed by atoms with van der Waals surface area (Å²) in [6.45, 7) is 9.55. The third-order valence-corrected chi connectivity index (χ3v) is 6.75. The molecule has 188 valence electrons. The lowest BCUT2D eigenvalue weighted by Crippen LogP contribution is -3.00. The zero-order valence-electron chi connectivity index (χ0n) is 22.2. The Morgan fingerprint density at radius 1 is 0.452 bits per heavy atom. The molecule has 0 amide bonds. The topological polar surface area (TPSA) is 0 Å². The maximum atomic E-state index is 2.50. The van der Waals surface area contributed by atoms with E-state index in [0.717, 1.165) is 0 Å². The van der Waals surface area contributed by atoms with E-state index in [2.05, 4.69) is 40.1 Å². The molecule has 0 aromatic heterocycles. The second-order valence-corrected chi connectivity index (χ2v) is 10.1. The van der Waals surface area contributed by atoms with E-state index < -0.39 is 0 Å². The van der Waals surface area contributed by atoms with Gasteiger partial charge in [-0.15, -0.1) is 0 Å². The molecule has 1 nitrogen and oxygen atoms in total. The van der Waals surface area contributed by atoms with Crippen LogP contribution in [0.4, 0.5) is 0 Å². The Bertz CT molecular complexity index is 329. The summed E-state index contributed by atoms with van der Waals surface area (Å²) in [6, 6.07) is 0. The van der Waals surface area contributed by atoms with E-state index in [4.69, 9.17) is 0 Å². The molecular formula is C29H60ClN. The summed E-state index contributed by atoms with van der Waals surface area (Å²) in [5.41, 5.74) is 0. The van der Waals surface area contributed by atoms with Gasteiger partial charge in [0.05, 0.1) is 26.3 Å². The van der Waals surface area contributed by atoms with Gasteiger partial charge in [0.15, 0.2) is 0 Å². The predicted molar refractivity (Wildman–Crippen MR) is 139 cm³/mol. The van der Waals surface area contributed by atoms with Crippen molar-refractivity contribution in [3.05, 3.63) is 12.3 Å². The van der Waals surface area contributed by atoms with Crippen LogP contribution in [0.25, 0.3) is 0 Å². The van der Waals surface area contributed by atoms with Gasteiger partial charge in [-0.3, -0.25) is 4.48 Å². The van der Waals surface area contributed by atoms with Crippen LogP contribution in [0, 0.1) is 0 Å². The molecule has 0 atom stereocenters. The van der Waals surface area contributed by atoms with Gasteiger partial charge in [0, 0.05) is 0 Å². The van der Waals surface area contributed by atoms with Gasteiger partial charge in [-0.25, -0.2) is 0 Å². The van der Waals surface area contributed by atoms with Crippen molar-refractivity contribution >= 4 is 0 Å². The first kappa shape index (κ1) is 33.2. The number of unbranched alkanes of at least 4 members (excludes halogenated alkanes) is 18. The van der Waals surface area contributed by atoms with Crippen molar-refractivity contribution in [3.63, 3.8) is 0 Å². The summed E-state index contributed by atoms with van der Waals surface area (Å²) in [4.78, 5) is 0. The van der Waals surface area contributed by atoms with E-state index in [9.17, 15) is 0 Å². The van der Waals surface area contributed by atoms with Crippen LogP contribution in [0.3, 0.4) is 0 Å². The summed E-state index contributed by atoms with van der Waals surface area (Å²) >= 11 is 0. The van der Waals surface area contributed by atoms with Crippen LogP contribution in [-0.4, -0.2) is 24.6 Å².